The number of aromatic nitrogens is 2. The molecule has 0 aliphatic carbocycles. The molecule has 0 atom stereocenters. The molecule has 0 saturated carbocycles. The van der Waals surface area contributed by atoms with Crippen LogP contribution in [0.15, 0.2) is 0 Å². The van der Waals surface area contributed by atoms with Crippen molar-refractivity contribution >= 4 is 23.4 Å². The maximum atomic E-state index is 5.60. The molecule has 2 rings (SSSR count). The third kappa shape index (κ3) is 4.23. The maximum absolute atomic E-state index is 5.60. The Labute approximate surface area is 131 Å². The summed E-state index contributed by atoms with van der Waals surface area (Å²) in [4.78, 5) is 9.24. The molecule has 4 N–H and O–H groups in total. The van der Waals surface area contributed by atoms with Gasteiger partial charge in [-0.2, -0.15) is 11.8 Å². The van der Waals surface area contributed by atoms with Crippen molar-refractivity contribution in [1.82, 2.24) is 9.97 Å². The standard InChI is InChI=1S/C15H27N5S/c1-10-12(17-9-11-5-7-21-8-6-11)18-14(15(2,3)4)19-13(10)20-16/h11H,5-9,16H2,1-4H3,(H2,17,18,19,20). The van der Waals surface area contributed by atoms with Crippen molar-refractivity contribution in [3.05, 3.63) is 11.4 Å². The quantitative estimate of drug-likeness (QED) is 0.586. The minimum absolute atomic E-state index is 0.1000. The van der Waals surface area contributed by atoms with E-state index in [2.05, 4.69) is 48.3 Å². The summed E-state index contributed by atoms with van der Waals surface area (Å²) in [5.74, 6) is 11.3. The topological polar surface area (TPSA) is 75.9 Å². The molecule has 0 radical (unpaired) electrons. The molecule has 21 heavy (non-hydrogen) atoms. The molecule has 0 bridgehead atoms. The van der Waals surface area contributed by atoms with E-state index >= 15 is 0 Å². The van der Waals surface area contributed by atoms with Crippen molar-refractivity contribution in [2.75, 3.05) is 28.8 Å². The number of hydrogen-bond donors (Lipinski definition) is 3. The Morgan fingerprint density at radius 3 is 2.38 bits per heavy atom. The number of nitrogens with zero attached hydrogens (tertiary/aromatic N) is 2. The van der Waals surface area contributed by atoms with Gasteiger partial charge < -0.3 is 10.7 Å². The van der Waals surface area contributed by atoms with Gasteiger partial charge in [-0.05, 0) is 37.2 Å². The SMILES string of the molecule is Cc1c(NN)nc(C(C)(C)C)nc1NCC1CCSCC1. The minimum atomic E-state index is -0.1000. The Morgan fingerprint density at radius 2 is 1.81 bits per heavy atom. The molecule has 0 spiro atoms. The molecule has 1 aliphatic heterocycles. The molecule has 0 aromatic carbocycles. The van der Waals surface area contributed by atoms with E-state index in [4.69, 9.17) is 10.8 Å². The van der Waals surface area contributed by atoms with Crippen LogP contribution in [0.4, 0.5) is 11.6 Å². The van der Waals surface area contributed by atoms with Crippen LogP contribution in [0.1, 0.15) is 45.0 Å². The third-order valence-electron chi connectivity index (χ3n) is 3.85. The zero-order valence-electron chi connectivity index (χ0n) is 13.5. The van der Waals surface area contributed by atoms with Crippen molar-refractivity contribution in [3.63, 3.8) is 0 Å². The predicted molar refractivity (Wildman–Crippen MR) is 91.8 cm³/mol. The lowest BCUT2D eigenvalue weighted by Crippen LogP contribution is -2.24. The first-order valence-electron chi connectivity index (χ1n) is 7.59. The number of hydrogen-bond acceptors (Lipinski definition) is 6. The van der Waals surface area contributed by atoms with Crippen LogP contribution in [-0.2, 0) is 5.41 Å². The van der Waals surface area contributed by atoms with Crippen LogP contribution in [-0.4, -0.2) is 28.0 Å². The molecular weight excluding hydrogens is 282 g/mol. The van der Waals surface area contributed by atoms with Gasteiger partial charge in [-0.1, -0.05) is 20.8 Å². The Morgan fingerprint density at radius 1 is 1.19 bits per heavy atom. The predicted octanol–water partition coefficient (Wildman–Crippen LogP) is 2.92. The van der Waals surface area contributed by atoms with Crippen LogP contribution < -0.4 is 16.6 Å². The highest BCUT2D eigenvalue weighted by molar-refractivity contribution is 7.99. The molecule has 1 aromatic rings. The van der Waals surface area contributed by atoms with E-state index in [1.165, 1.54) is 24.3 Å². The van der Waals surface area contributed by atoms with E-state index in [1.807, 2.05) is 6.92 Å². The van der Waals surface area contributed by atoms with Gasteiger partial charge in [0.25, 0.3) is 0 Å². The van der Waals surface area contributed by atoms with E-state index in [1.54, 1.807) is 0 Å². The van der Waals surface area contributed by atoms with E-state index < -0.39 is 0 Å². The van der Waals surface area contributed by atoms with Crippen LogP contribution in [0.5, 0.6) is 0 Å². The number of thioether (sulfide) groups is 1. The fraction of sp³-hybridized carbons (Fsp3) is 0.733. The summed E-state index contributed by atoms with van der Waals surface area (Å²) in [6.45, 7) is 9.31. The van der Waals surface area contributed by atoms with Crippen LogP contribution in [0, 0.1) is 12.8 Å². The highest BCUT2D eigenvalue weighted by Crippen LogP contribution is 2.27. The van der Waals surface area contributed by atoms with E-state index in [9.17, 15) is 0 Å². The zero-order valence-corrected chi connectivity index (χ0v) is 14.3. The van der Waals surface area contributed by atoms with Gasteiger partial charge in [-0.25, -0.2) is 15.8 Å². The van der Waals surface area contributed by atoms with Crippen molar-refractivity contribution in [2.45, 2.75) is 46.0 Å². The van der Waals surface area contributed by atoms with Crippen LogP contribution in [0.25, 0.3) is 0 Å². The van der Waals surface area contributed by atoms with Crippen molar-refractivity contribution in [2.24, 2.45) is 11.8 Å². The second-order valence-corrected chi connectivity index (χ2v) is 7.93. The molecule has 118 valence electrons. The minimum Gasteiger partial charge on any atom is -0.369 e. The van der Waals surface area contributed by atoms with Crippen LogP contribution >= 0.6 is 11.8 Å². The van der Waals surface area contributed by atoms with Crippen molar-refractivity contribution in [1.29, 1.82) is 0 Å². The van der Waals surface area contributed by atoms with Crippen LogP contribution in [0.2, 0.25) is 0 Å². The van der Waals surface area contributed by atoms with Gasteiger partial charge in [0.1, 0.15) is 17.5 Å². The van der Waals surface area contributed by atoms with Gasteiger partial charge in [-0.15, -0.1) is 0 Å². The summed E-state index contributed by atoms with van der Waals surface area (Å²) in [5.41, 5.74) is 3.57. The average Bonchev–Trinajstić information content (AvgIpc) is 2.46. The molecule has 0 amide bonds. The highest BCUT2D eigenvalue weighted by atomic mass is 32.2. The fourth-order valence-corrected chi connectivity index (χ4v) is 3.56. The Hall–Kier alpha value is -1.01. The Balaban J connectivity index is 2.16. The third-order valence-corrected chi connectivity index (χ3v) is 4.90. The zero-order chi connectivity index (χ0) is 15.5. The fourth-order valence-electron chi connectivity index (χ4n) is 2.36. The molecule has 5 nitrogen and oxygen atoms in total. The van der Waals surface area contributed by atoms with Crippen molar-refractivity contribution < 1.29 is 0 Å². The molecule has 2 heterocycles. The van der Waals surface area contributed by atoms with Gasteiger partial charge in [0.15, 0.2) is 0 Å². The summed E-state index contributed by atoms with van der Waals surface area (Å²) in [5, 5.41) is 3.51. The molecule has 6 heteroatoms. The number of hydrazine groups is 1. The second kappa shape index (κ2) is 6.83. The van der Waals surface area contributed by atoms with Gasteiger partial charge in [0.2, 0.25) is 0 Å². The lowest BCUT2D eigenvalue weighted by Gasteiger charge is -2.24. The summed E-state index contributed by atoms with van der Waals surface area (Å²) >= 11 is 2.06. The lowest BCUT2D eigenvalue weighted by molar-refractivity contribution is 0.513. The summed E-state index contributed by atoms with van der Waals surface area (Å²) in [6.07, 6.45) is 2.58. The number of anilines is 2. The Kier molecular flexibility index (Phi) is 5.32. The molecule has 0 unspecified atom stereocenters. The lowest BCUT2D eigenvalue weighted by atomic mass is 9.95. The number of nitrogens with one attached hydrogen (secondary N) is 2. The molecule has 1 aliphatic rings. The molecule has 1 fully saturated rings. The number of nitrogen functional groups attached to an aromatic ring is 1. The monoisotopic (exact) mass is 309 g/mol. The number of nitrogens with two attached hydrogens (primary N) is 1. The van der Waals surface area contributed by atoms with Gasteiger partial charge in [-0.3, -0.25) is 0 Å². The summed E-state index contributed by atoms with van der Waals surface area (Å²) in [6, 6.07) is 0. The summed E-state index contributed by atoms with van der Waals surface area (Å²) in [7, 11) is 0. The maximum Gasteiger partial charge on any atom is 0.148 e. The highest BCUT2D eigenvalue weighted by Gasteiger charge is 2.21. The first-order chi connectivity index (χ1) is 9.91. The van der Waals surface area contributed by atoms with E-state index in [0.717, 1.165) is 29.7 Å². The second-order valence-electron chi connectivity index (χ2n) is 6.70. The molecule has 1 saturated heterocycles. The van der Waals surface area contributed by atoms with Gasteiger partial charge >= 0.3 is 0 Å². The van der Waals surface area contributed by atoms with Crippen molar-refractivity contribution in [3.8, 4) is 0 Å². The van der Waals surface area contributed by atoms with Gasteiger partial charge in [0, 0.05) is 17.5 Å². The van der Waals surface area contributed by atoms with Gasteiger partial charge in [0.05, 0.1) is 0 Å². The Bertz CT molecular complexity index is 478. The van der Waals surface area contributed by atoms with E-state index in [-0.39, 0.29) is 5.41 Å². The largest absolute Gasteiger partial charge is 0.369 e. The first-order valence-corrected chi connectivity index (χ1v) is 8.74. The van der Waals surface area contributed by atoms with Crippen LogP contribution in [0.3, 0.4) is 0 Å². The molecular formula is C15H27N5S. The normalized spacial score (nSPS) is 16.8. The smallest absolute Gasteiger partial charge is 0.148 e. The summed E-state index contributed by atoms with van der Waals surface area (Å²) < 4.78 is 0. The first kappa shape index (κ1) is 16.4. The number of rotatable bonds is 4. The molecule has 1 aromatic heterocycles. The average molecular weight is 309 g/mol. The van der Waals surface area contributed by atoms with E-state index in [0.29, 0.717) is 5.82 Å².